The van der Waals surface area contributed by atoms with E-state index in [1.807, 2.05) is 13.8 Å². The Labute approximate surface area is 181 Å². The predicted molar refractivity (Wildman–Crippen MR) is 117 cm³/mol. The first kappa shape index (κ1) is 20.8. The van der Waals surface area contributed by atoms with Crippen molar-refractivity contribution in [2.45, 2.75) is 20.0 Å². The molecule has 7 nitrogen and oxygen atoms in total. The number of amides is 4. The monoisotopic (exact) mass is 506 g/mol. The minimum absolute atomic E-state index is 0.0437. The number of nitrogens with zero attached hydrogens (tertiary/aromatic N) is 1. The van der Waals surface area contributed by atoms with E-state index in [4.69, 9.17) is 9.47 Å². The van der Waals surface area contributed by atoms with E-state index in [0.717, 1.165) is 8.47 Å². The fourth-order valence-corrected chi connectivity index (χ4v) is 3.56. The Bertz CT molecular complexity index is 1000. The summed E-state index contributed by atoms with van der Waals surface area (Å²) in [5, 5.41) is 2.21. The van der Waals surface area contributed by atoms with E-state index in [0.29, 0.717) is 22.7 Å². The molecule has 1 fully saturated rings. The SMILES string of the molecule is COc1cc(/C=C2\C(=O)NC(=O)N(c3ccccc3)C2=O)cc(I)c1OC(C)C. The average molecular weight is 506 g/mol. The lowest BCUT2D eigenvalue weighted by Gasteiger charge is -2.26. The molecular formula is C21H19IN2O5. The van der Waals surface area contributed by atoms with Crippen LogP contribution in [0.4, 0.5) is 10.5 Å². The summed E-state index contributed by atoms with van der Waals surface area (Å²) in [4.78, 5) is 38.4. The van der Waals surface area contributed by atoms with Crippen molar-refractivity contribution in [2.24, 2.45) is 0 Å². The lowest BCUT2D eigenvalue weighted by Crippen LogP contribution is -2.54. The van der Waals surface area contributed by atoms with Gasteiger partial charge in [-0.3, -0.25) is 14.9 Å². The third-order valence-corrected chi connectivity index (χ3v) is 4.83. The first-order valence-electron chi connectivity index (χ1n) is 8.82. The molecule has 4 amide bonds. The van der Waals surface area contributed by atoms with Crippen LogP contribution in [0.3, 0.4) is 0 Å². The third-order valence-electron chi connectivity index (χ3n) is 4.03. The summed E-state index contributed by atoms with van der Waals surface area (Å²) in [6.45, 7) is 3.82. The first-order chi connectivity index (χ1) is 13.8. The summed E-state index contributed by atoms with van der Waals surface area (Å²) in [5.41, 5.74) is 0.799. The van der Waals surface area contributed by atoms with E-state index in [-0.39, 0.29) is 11.7 Å². The number of barbiturate groups is 1. The van der Waals surface area contributed by atoms with E-state index in [1.165, 1.54) is 13.2 Å². The molecule has 0 aliphatic carbocycles. The van der Waals surface area contributed by atoms with Crippen molar-refractivity contribution in [3.05, 3.63) is 57.2 Å². The van der Waals surface area contributed by atoms with Crippen LogP contribution in [-0.4, -0.2) is 31.1 Å². The van der Waals surface area contributed by atoms with Crippen molar-refractivity contribution in [3.63, 3.8) is 0 Å². The van der Waals surface area contributed by atoms with E-state index in [9.17, 15) is 14.4 Å². The minimum atomic E-state index is -0.781. The molecule has 1 aliphatic heterocycles. The van der Waals surface area contributed by atoms with Gasteiger partial charge in [0.1, 0.15) is 5.57 Å². The zero-order chi connectivity index (χ0) is 21.1. The van der Waals surface area contributed by atoms with E-state index >= 15 is 0 Å². The summed E-state index contributed by atoms with van der Waals surface area (Å²) in [7, 11) is 1.52. The number of benzene rings is 2. The maximum absolute atomic E-state index is 12.9. The van der Waals surface area contributed by atoms with Crippen molar-refractivity contribution < 1.29 is 23.9 Å². The predicted octanol–water partition coefficient (Wildman–Crippen LogP) is 3.75. The Morgan fingerprint density at radius 2 is 1.79 bits per heavy atom. The molecule has 0 spiro atoms. The number of carbonyl (C=O) groups is 3. The number of rotatable bonds is 5. The molecule has 0 saturated carbocycles. The number of halogens is 1. The Hall–Kier alpha value is -2.88. The average Bonchev–Trinajstić information content (AvgIpc) is 2.67. The van der Waals surface area contributed by atoms with Gasteiger partial charge in [0.25, 0.3) is 11.8 Å². The van der Waals surface area contributed by atoms with Crippen LogP contribution in [0.1, 0.15) is 19.4 Å². The van der Waals surface area contributed by atoms with Crippen LogP contribution in [0.5, 0.6) is 11.5 Å². The lowest BCUT2D eigenvalue weighted by atomic mass is 10.1. The second-order valence-corrected chi connectivity index (χ2v) is 7.66. The van der Waals surface area contributed by atoms with Crippen molar-refractivity contribution >= 4 is 52.2 Å². The molecule has 2 aromatic carbocycles. The topological polar surface area (TPSA) is 84.9 Å². The third kappa shape index (κ3) is 4.42. The molecule has 1 saturated heterocycles. The fourth-order valence-electron chi connectivity index (χ4n) is 2.81. The van der Waals surface area contributed by atoms with Gasteiger partial charge >= 0.3 is 6.03 Å². The molecule has 0 bridgehead atoms. The smallest absolute Gasteiger partial charge is 0.335 e. The van der Waals surface area contributed by atoms with Crippen molar-refractivity contribution in [2.75, 3.05) is 12.0 Å². The van der Waals surface area contributed by atoms with Crippen molar-refractivity contribution in [1.29, 1.82) is 0 Å². The molecule has 150 valence electrons. The Morgan fingerprint density at radius 3 is 2.41 bits per heavy atom. The normalized spacial score (nSPS) is 15.7. The van der Waals surface area contributed by atoms with Crippen LogP contribution >= 0.6 is 22.6 Å². The number of hydrogen-bond acceptors (Lipinski definition) is 5. The zero-order valence-corrected chi connectivity index (χ0v) is 18.2. The highest BCUT2D eigenvalue weighted by Gasteiger charge is 2.36. The van der Waals surface area contributed by atoms with Gasteiger partial charge in [0.05, 0.1) is 22.5 Å². The van der Waals surface area contributed by atoms with Crippen LogP contribution in [0.15, 0.2) is 48.0 Å². The number of nitrogens with one attached hydrogen (secondary N) is 1. The molecule has 0 atom stereocenters. The molecule has 1 heterocycles. The van der Waals surface area contributed by atoms with Gasteiger partial charge in [0.2, 0.25) is 0 Å². The molecule has 29 heavy (non-hydrogen) atoms. The maximum Gasteiger partial charge on any atom is 0.335 e. The number of anilines is 1. The first-order valence-corrected chi connectivity index (χ1v) is 9.90. The number of urea groups is 1. The van der Waals surface area contributed by atoms with Gasteiger partial charge in [0.15, 0.2) is 11.5 Å². The highest BCUT2D eigenvalue weighted by atomic mass is 127. The number of para-hydroxylation sites is 1. The molecule has 0 aromatic heterocycles. The molecule has 0 radical (unpaired) electrons. The van der Waals surface area contributed by atoms with Gasteiger partial charge in [-0.05, 0) is 72.3 Å². The molecule has 1 N–H and O–H groups in total. The highest BCUT2D eigenvalue weighted by molar-refractivity contribution is 14.1. The summed E-state index contributed by atoms with van der Waals surface area (Å²) < 4.78 is 12.0. The number of carbonyl (C=O) groups excluding carboxylic acids is 3. The standard InChI is InChI=1S/C21H19IN2O5/c1-12(2)29-18-16(22)10-13(11-17(18)28-3)9-15-19(25)23-21(27)24(20(15)26)14-7-5-4-6-8-14/h4-12H,1-3H3,(H,23,25,27)/b15-9+. The fraction of sp³-hybridized carbons (Fsp3) is 0.190. The van der Waals surface area contributed by atoms with E-state index in [2.05, 4.69) is 27.9 Å². The Kier molecular flexibility index (Phi) is 6.21. The summed E-state index contributed by atoms with van der Waals surface area (Å²) in [5.74, 6) is -0.368. The summed E-state index contributed by atoms with van der Waals surface area (Å²) in [6.07, 6.45) is 1.39. The quantitative estimate of drug-likeness (QED) is 0.380. The number of hydrogen-bond donors (Lipinski definition) is 1. The Balaban J connectivity index is 2.02. The van der Waals surface area contributed by atoms with Crippen LogP contribution in [-0.2, 0) is 9.59 Å². The van der Waals surface area contributed by atoms with Gasteiger partial charge < -0.3 is 9.47 Å². The van der Waals surface area contributed by atoms with Gasteiger partial charge in [-0.1, -0.05) is 18.2 Å². The largest absolute Gasteiger partial charge is 0.493 e. The molecule has 3 rings (SSSR count). The summed E-state index contributed by atoms with van der Waals surface area (Å²) >= 11 is 2.11. The highest BCUT2D eigenvalue weighted by Crippen LogP contribution is 2.35. The second kappa shape index (κ2) is 8.64. The van der Waals surface area contributed by atoms with E-state index < -0.39 is 17.8 Å². The number of ether oxygens (including phenoxy) is 2. The van der Waals surface area contributed by atoms with Gasteiger partial charge in [-0.2, -0.15) is 0 Å². The minimum Gasteiger partial charge on any atom is -0.493 e. The van der Waals surface area contributed by atoms with Gasteiger partial charge in [-0.25, -0.2) is 9.69 Å². The molecule has 8 heteroatoms. The number of imide groups is 2. The zero-order valence-electron chi connectivity index (χ0n) is 16.1. The van der Waals surface area contributed by atoms with Crippen LogP contribution in [0.25, 0.3) is 6.08 Å². The Morgan fingerprint density at radius 1 is 1.10 bits per heavy atom. The maximum atomic E-state index is 12.9. The van der Waals surface area contributed by atoms with Gasteiger partial charge in [0, 0.05) is 0 Å². The molecule has 1 aliphatic rings. The second-order valence-electron chi connectivity index (χ2n) is 6.49. The van der Waals surface area contributed by atoms with E-state index in [1.54, 1.807) is 42.5 Å². The lowest BCUT2D eigenvalue weighted by molar-refractivity contribution is -0.122. The van der Waals surface area contributed by atoms with Crippen molar-refractivity contribution in [1.82, 2.24) is 5.32 Å². The number of methoxy groups -OCH3 is 1. The molecule has 2 aromatic rings. The molecular weight excluding hydrogens is 487 g/mol. The summed E-state index contributed by atoms with van der Waals surface area (Å²) in [6, 6.07) is 11.1. The van der Waals surface area contributed by atoms with Crippen LogP contribution in [0, 0.1) is 3.57 Å². The molecule has 0 unspecified atom stereocenters. The van der Waals surface area contributed by atoms with Crippen molar-refractivity contribution in [3.8, 4) is 11.5 Å². The van der Waals surface area contributed by atoms with Crippen LogP contribution < -0.4 is 19.7 Å². The van der Waals surface area contributed by atoms with Gasteiger partial charge in [-0.15, -0.1) is 0 Å². The van der Waals surface area contributed by atoms with Crippen LogP contribution in [0.2, 0.25) is 0 Å².